The van der Waals surface area contributed by atoms with E-state index in [9.17, 15) is 4.79 Å². The molecule has 1 aliphatic rings. The summed E-state index contributed by atoms with van der Waals surface area (Å²) in [6.07, 6.45) is 2.24. The van der Waals surface area contributed by atoms with E-state index in [0.29, 0.717) is 0 Å². The van der Waals surface area contributed by atoms with Crippen molar-refractivity contribution in [1.82, 2.24) is 15.1 Å². The maximum absolute atomic E-state index is 12.1. The molecular weight excluding hydrogens is 214 g/mol. The van der Waals surface area contributed by atoms with Crippen LogP contribution in [0.4, 0.5) is 0 Å². The molecule has 0 radical (unpaired) electrons. The Morgan fingerprint density at radius 3 is 2.47 bits per heavy atom. The highest BCUT2D eigenvalue weighted by Gasteiger charge is 2.34. The second kappa shape index (κ2) is 6.97. The minimum absolute atomic E-state index is 0.0336. The topological polar surface area (TPSA) is 35.6 Å². The Hall–Kier alpha value is -0.610. The fourth-order valence-electron chi connectivity index (χ4n) is 2.43. The summed E-state index contributed by atoms with van der Waals surface area (Å²) in [5, 5.41) is 3.33. The summed E-state index contributed by atoms with van der Waals surface area (Å²) >= 11 is 0. The van der Waals surface area contributed by atoms with Gasteiger partial charge in [0.1, 0.15) is 0 Å². The lowest BCUT2D eigenvalue weighted by Gasteiger charge is -2.26. The summed E-state index contributed by atoms with van der Waals surface area (Å²) in [4.78, 5) is 16.4. The standard InChI is InChI=1S/C13H27N3O/c1-5-8-15(7-3)9-10-16-11(4)14-12(6-2)13(16)17/h11-12,14H,5-10H2,1-4H3. The molecule has 0 aromatic heterocycles. The maximum Gasteiger partial charge on any atom is 0.241 e. The van der Waals surface area contributed by atoms with Gasteiger partial charge < -0.3 is 9.80 Å². The Kier molecular flexibility index (Phi) is 5.92. The van der Waals surface area contributed by atoms with Gasteiger partial charge in [0.25, 0.3) is 0 Å². The van der Waals surface area contributed by atoms with E-state index in [-0.39, 0.29) is 18.1 Å². The molecule has 1 heterocycles. The van der Waals surface area contributed by atoms with Crippen LogP contribution in [0, 0.1) is 0 Å². The second-order valence-corrected chi connectivity index (χ2v) is 4.77. The van der Waals surface area contributed by atoms with Crippen molar-refractivity contribution in [1.29, 1.82) is 0 Å². The fourth-order valence-corrected chi connectivity index (χ4v) is 2.43. The highest BCUT2D eigenvalue weighted by Crippen LogP contribution is 2.12. The third-order valence-corrected chi connectivity index (χ3v) is 3.54. The molecule has 4 nitrogen and oxygen atoms in total. The zero-order valence-electron chi connectivity index (χ0n) is 11.7. The van der Waals surface area contributed by atoms with Crippen molar-refractivity contribution >= 4 is 5.91 Å². The first-order valence-electron chi connectivity index (χ1n) is 6.92. The van der Waals surface area contributed by atoms with E-state index < -0.39 is 0 Å². The van der Waals surface area contributed by atoms with E-state index in [2.05, 4.69) is 37.9 Å². The molecule has 0 bridgehead atoms. The van der Waals surface area contributed by atoms with Gasteiger partial charge in [-0.15, -0.1) is 0 Å². The average Bonchev–Trinajstić information content (AvgIpc) is 2.60. The molecule has 2 atom stereocenters. The smallest absolute Gasteiger partial charge is 0.241 e. The lowest BCUT2D eigenvalue weighted by molar-refractivity contribution is -0.130. The van der Waals surface area contributed by atoms with Crippen molar-refractivity contribution in [2.45, 2.75) is 52.7 Å². The van der Waals surface area contributed by atoms with E-state index in [4.69, 9.17) is 0 Å². The van der Waals surface area contributed by atoms with Crippen LogP contribution in [0.1, 0.15) is 40.5 Å². The first-order valence-corrected chi connectivity index (χ1v) is 6.92. The fraction of sp³-hybridized carbons (Fsp3) is 0.923. The van der Waals surface area contributed by atoms with Gasteiger partial charge in [0.05, 0.1) is 12.2 Å². The molecule has 1 fully saturated rings. The van der Waals surface area contributed by atoms with Crippen LogP contribution in [0.3, 0.4) is 0 Å². The van der Waals surface area contributed by atoms with Gasteiger partial charge in [-0.05, 0) is 32.9 Å². The van der Waals surface area contributed by atoms with Crippen LogP contribution in [0.5, 0.6) is 0 Å². The molecule has 1 rings (SSSR count). The third kappa shape index (κ3) is 3.68. The Balaban J connectivity index is 2.43. The van der Waals surface area contributed by atoms with Crippen molar-refractivity contribution in [2.75, 3.05) is 26.2 Å². The van der Waals surface area contributed by atoms with E-state index >= 15 is 0 Å². The van der Waals surface area contributed by atoms with Gasteiger partial charge in [0, 0.05) is 13.1 Å². The maximum atomic E-state index is 12.1. The molecule has 100 valence electrons. The van der Waals surface area contributed by atoms with Crippen LogP contribution in [0.25, 0.3) is 0 Å². The van der Waals surface area contributed by atoms with Gasteiger partial charge in [-0.25, -0.2) is 0 Å². The summed E-state index contributed by atoms with van der Waals surface area (Å²) in [5.74, 6) is 0.271. The van der Waals surface area contributed by atoms with E-state index in [1.54, 1.807) is 0 Å². The van der Waals surface area contributed by atoms with E-state index in [0.717, 1.165) is 32.6 Å². The lowest BCUT2D eigenvalue weighted by Crippen LogP contribution is -2.41. The van der Waals surface area contributed by atoms with Crippen molar-refractivity contribution in [3.05, 3.63) is 0 Å². The van der Waals surface area contributed by atoms with Gasteiger partial charge in [-0.3, -0.25) is 10.1 Å². The quantitative estimate of drug-likeness (QED) is 0.729. The van der Waals surface area contributed by atoms with Crippen LogP contribution in [0.15, 0.2) is 0 Å². The summed E-state index contributed by atoms with van der Waals surface area (Å²) in [6.45, 7) is 12.5. The molecule has 1 aliphatic heterocycles. The molecule has 0 aromatic carbocycles. The minimum Gasteiger partial charge on any atom is -0.325 e. The predicted molar refractivity (Wildman–Crippen MR) is 70.8 cm³/mol. The monoisotopic (exact) mass is 241 g/mol. The molecule has 17 heavy (non-hydrogen) atoms. The normalized spacial score (nSPS) is 25.0. The number of hydrogen-bond donors (Lipinski definition) is 1. The van der Waals surface area contributed by atoms with Crippen molar-refractivity contribution in [3.8, 4) is 0 Å². The molecule has 0 saturated carbocycles. The molecule has 1 saturated heterocycles. The molecule has 1 amide bonds. The van der Waals surface area contributed by atoms with Crippen molar-refractivity contribution in [2.24, 2.45) is 0 Å². The predicted octanol–water partition coefficient (Wildman–Crippen LogP) is 1.27. The van der Waals surface area contributed by atoms with Crippen LogP contribution in [-0.4, -0.2) is 54.1 Å². The summed E-state index contributed by atoms with van der Waals surface area (Å²) in [6, 6.07) is 0.0336. The number of nitrogens with one attached hydrogen (secondary N) is 1. The molecule has 0 aliphatic carbocycles. The first-order chi connectivity index (χ1) is 8.13. The summed E-state index contributed by atoms with van der Waals surface area (Å²) in [7, 11) is 0. The van der Waals surface area contributed by atoms with Gasteiger partial charge in [-0.1, -0.05) is 20.8 Å². The Morgan fingerprint density at radius 1 is 1.29 bits per heavy atom. The zero-order chi connectivity index (χ0) is 12.8. The molecule has 2 unspecified atom stereocenters. The highest BCUT2D eigenvalue weighted by molar-refractivity contribution is 5.84. The van der Waals surface area contributed by atoms with Gasteiger partial charge in [-0.2, -0.15) is 0 Å². The van der Waals surface area contributed by atoms with Crippen LogP contribution in [0.2, 0.25) is 0 Å². The van der Waals surface area contributed by atoms with Gasteiger partial charge in [0.2, 0.25) is 5.91 Å². The van der Waals surface area contributed by atoms with E-state index in [1.165, 1.54) is 6.42 Å². The average molecular weight is 241 g/mol. The van der Waals surface area contributed by atoms with Gasteiger partial charge >= 0.3 is 0 Å². The minimum atomic E-state index is 0.0336. The number of likely N-dealkylation sites (N-methyl/N-ethyl adjacent to an activating group) is 1. The molecule has 0 aromatic rings. The number of carbonyl (C=O) groups is 1. The zero-order valence-corrected chi connectivity index (χ0v) is 11.7. The van der Waals surface area contributed by atoms with Crippen LogP contribution >= 0.6 is 0 Å². The molecular formula is C13H27N3O. The van der Waals surface area contributed by atoms with Crippen LogP contribution in [-0.2, 0) is 4.79 Å². The number of amides is 1. The van der Waals surface area contributed by atoms with Crippen molar-refractivity contribution in [3.63, 3.8) is 0 Å². The summed E-state index contributed by atoms with van der Waals surface area (Å²) in [5.41, 5.74) is 0. The molecule has 4 heteroatoms. The summed E-state index contributed by atoms with van der Waals surface area (Å²) < 4.78 is 0. The number of nitrogens with zero attached hydrogens (tertiary/aromatic N) is 2. The Labute approximate surface area is 105 Å². The Bertz CT molecular complexity index is 245. The van der Waals surface area contributed by atoms with Gasteiger partial charge in [0.15, 0.2) is 0 Å². The Morgan fingerprint density at radius 2 is 2.00 bits per heavy atom. The molecule has 1 N–H and O–H groups in total. The first kappa shape index (κ1) is 14.5. The van der Waals surface area contributed by atoms with E-state index in [1.807, 2.05) is 4.90 Å². The highest BCUT2D eigenvalue weighted by atomic mass is 16.2. The third-order valence-electron chi connectivity index (χ3n) is 3.54. The van der Waals surface area contributed by atoms with Crippen LogP contribution < -0.4 is 5.32 Å². The lowest BCUT2D eigenvalue weighted by atomic mass is 10.2. The number of rotatable bonds is 7. The largest absolute Gasteiger partial charge is 0.325 e. The molecule has 0 spiro atoms. The SMILES string of the molecule is CCCN(CC)CCN1C(=O)C(CC)NC1C. The number of hydrogen-bond acceptors (Lipinski definition) is 3. The number of carbonyl (C=O) groups excluding carboxylic acids is 1. The van der Waals surface area contributed by atoms with Crippen molar-refractivity contribution < 1.29 is 4.79 Å². The second-order valence-electron chi connectivity index (χ2n) is 4.77.